The smallest absolute Gasteiger partial charge is 0.181 e. The highest BCUT2D eigenvalue weighted by Gasteiger charge is 1.98. The summed E-state index contributed by atoms with van der Waals surface area (Å²) in [6.45, 7) is 0. The minimum Gasteiger partial charge on any atom is -0.457 e. The van der Waals surface area contributed by atoms with Crippen LogP contribution in [0.5, 0.6) is 11.5 Å². The van der Waals surface area contributed by atoms with Crippen LogP contribution < -0.4 is 15.4 Å². The number of nitriles is 2. The van der Waals surface area contributed by atoms with Crippen molar-refractivity contribution in [3.63, 3.8) is 0 Å². The van der Waals surface area contributed by atoms with Gasteiger partial charge in [-0.2, -0.15) is 10.5 Å². The second kappa shape index (κ2) is 5.95. The van der Waals surface area contributed by atoms with E-state index in [9.17, 15) is 0 Å². The van der Waals surface area contributed by atoms with Gasteiger partial charge in [0.15, 0.2) is 12.4 Å². The highest BCUT2D eigenvalue weighted by Crippen LogP contribution is 2.24. The zero-order valence-electron chi connectivity index (χ0n) is 9.92. The van der Waals surface area contributed by atoms with Crippen molar-refractivity contribution >= 4 is 11.4 Å². The van der Waals surface area contributed by atoms with Crippen LogP contribution in [0, 0.1) is 22.9 Å². The Morgan fingerprint density at radius 1 is 0.684 bits per heavy atom. The van der Waals surface area contributed by atoms with E-state index < -0.39 is 0 Å². The second-order valence-corrected chi connectivity index (χ2v) is 3.62. The molecule has 0 radical (unpaired) electrons. The molecule has 0 unspecified atom stereocenters. The van der Waals surface area contributed by atoms with Gasteiger partial charge in [-0.05, 0) is 48.5 Å². The van der Waals surface area contributed by atoms with Crippen molar-refractivity contribution in [3.8, 4) is 23.9 Å². The molecule has 5 heteroatoms. The van der Waals surface area contributed by atoms with Gasteiger partial charge in [0.1, 0.15) is 11.5 Å². The fraction of sp³-hybridized carbons (Fsp3) is 0. The molecular formula is C14H10N4O. The maximum atomic E-state index is 8.47. The third kappa shape index (κ3) is 3.39. The van der Waals surface area contributed by atoms with Gasteiger partial charge < -0.3 is 4.74 Å². The number of nitrogens with one attached hydrogen (secondary N) is 2. The second-order valence-electron chi connectivity index (χ2n) is 3.62. The molecule has 2 aromatic carbocycles. The van der Waals surface area contributed by atoms with Crippen LogP contribution in [0.1, 0.15) is 0 Å². The normalized spacial score (nSPS) is 8.95. The van der Waals surface area contributed by atoms with E-state index in [1.165, 1.54) is 0 Å². The predicted molar refractivity (Wildman–Crippen MR) is 71.4 cm³/mol. The Balaban J connectivity index is 2.04. The van der Waals surface area contributed by atoms with Crippen molar-refractivity contribution in [2.75, 3.05) is 10.6 Å². The summed E-state index contributed by atoms with van der Waals surface area (Å²) in [6.07, 6.45) is 3.69. The third-order valence-electron chi connectivity index (χ3n) is 2.34. The molecule has 92 valence electrons. The van der Waals surface area contributed by atoms with Gasteiger partial charge in [0.05, 0.1) is 0 Å². The number of ether oxygens (including phenoxy) is 1. The van der Waals surface area contributed by atoms with Crippen molar-refractivity contribution in [3.05, 3.63) is 48.5 Å². The minimum atomic E-state index is 0.671. The molecule has 0 spiro atoms. The van der Waals surface area contributed by atoms with Gasteiger partial charge in [0, 0.05) is 11.4 Å². The van der Waals surface area contributed by atoms with E-state index in [1.54, 1.807) is 48.5 Å². The Morgan fingerprint density at radius 3 is 1.37 bits per heavy atom. The van der Waals surface area contributed by atoms with Gasteiger partial charge in [-0.3, -0.25) is 10.6 Å². The highest BCUT2D eigenvalue weighted by molar-refractivity contribution is 5.51. The monoisotopic (exact) mass is 250 g/mol. The summed E-state index contributed by atoms with van der Waals surface area (Å²) in [5, 5.41) is 22.0. The molecule has 2 aromatic rings. The summed E-state index contributed by atoms with van der Waals surface area (Å²) < 4.78 is 5.62. The van der Waals surface area contributed by atoms with Crippen molar-refractivity contribution in [2.45, 2.75) is 0 Å². The quantitative estimate of drug-likeness (QED) is 0.643. The first kappa shape index (κ1) is 12.3. The number of benzene rings is 2. The molecule has 19 heavy (non-hydrogen) atoms. The third-order valence-corrected chi connectivity index (χ3v) is 2.34. The lowest BCUT2D eigenvalue weighted by Gasteiger charge is -2.06. The fourth-order valence-electron chi connectivity index (χ4n) is 1.48. The SMILES string of the molecule is N#CNc1ccc(Oc2ccc(NC#N)cc2)cc1. The Hall–Kier alpha value is -3.18. The zero-order chi connectivity index (χ0) is 13.5. The maximum Gasteiger partial charge on any atom is 0.181 e. The molecule has 0 heterocycles. The standard InChI is InChI=1S/C14H10N4O/c15-9-17-11-1-5-13(6-2-11)19-14-7-3-12(4-8-14)18-10-16/h1-8,17-18H. The molecule has 0 saturated heterocycles. The number of rotatable bonds is 4. The number of hydrogen-bond acceptors (Lipinski definition) is 5. The summed E-state index contributed by atoms with van der Waals surface area (Å²) in [5.41, 5.74) is 1.42. The first-order valence-electron chi connectivity index (χ1n) is 5.50. The van der Waals surface area contributed by atoms with E-state index in [1.807, 2.05) is 12.4 Å². The van der Waals surface area contributed by atoms with E-state index in [2.05, 4.69) is 10.6 Å². The first-order chi connectivity index (χ1) is 9.31. The Kier molecular flexibility index (Phi) is 3.84. The van der Waals surface area contributed by atoms with Crippen molar-refractivity contribution in [2.24, 2.45) is 0 Å². The Labute approximate surface area is 110 Å². The molecule has 2 rings (SSSR count). The van der Waals surface area contributed by atoms with Crippen LogP contribution in [0.15, 0.2) is 48.5 Å². The Morgan fingerprint density at radius 2 is 1.05 bits per heavy atom. The van der Waals surface area contributed by atoms with Gasteiger partial charge in [-0.25, -0.2) is 0 Å². The lowest BCUT2D eigenvalue weighted by Crippen LogP contribution is -1.89. The average Bonchev–Trinajstić information content (AvgIpc) is 2.44. The minimum absolute atomic E-state index is 0.671. The molecule has 2 N–H and O–H groups in total. The number of hydrogen-bond donors (Lipinski definition) is 2. The summed E-state index contributed by atoms with van der Waals surface area (Å²) in [6, 6.07) is 14.1. The van der Waals surface area contributed by atoms with Gasteiger partial charge in [-0.15, -0.1) is 0 Å². The summed E-state index contributed by atoms with van der Waals surface area (Å²) >= 11 is 0. The summed E-state index contributed by atoms with van der Waals surface area (Å²) in [7, 11) is 0. The van der Waals surface area contributed by atoms with Crippen LogP contribution in [-0.2, 0) is 0 Å². The molecule has 0 atom stereocenters. The van der Waals surface area contributed by atoms with E-state index in [4.69, 9.17) is 15.3 Å². The lowest BCUT2D eigenvalue weighted by molar-refractivity contribution is 0.483. The van der Waals surface area contributed by atoms with Crippen molar-refractivity contribution in [1.82, 2.24) is 0 Å². The van der Waals surface area contributed by atoms with E-state index in [-0.39, 0.29) is 0 Å². The first-order valence-corrected chi connectivity index (χ1v) is 5.50. The molecule has 0 saturated carbocycles. The molecule has 0 aliphatic heterocycles. The van der Waals surface area contributed by atoms with Crippen LogP contribution in [0.3, 0.4) is 0 Å². The van der Waals surface area contributed by atoms with Crippen LogP contribution in [0.4, 0.5) is 11.4 Å². The van der Waals surface area contributed by atoms with Gasteiger partial charge in [0.25, 0.3) is 0 Å². The Bertz CT molecular complexity index is 563. The largest absolute Gasteiger partial charge is 0.457 e. The van der Waals surface area contributed by atoms with Crippen LogP contribution in [0.2, 0.25) is 0 Å². The predicted octanol–water partition coefficient (Wildman–Crippen LogP) is 3.26. The molecular weight excluding hydrogens is 240 g/mol. The molecule has 0 bridgehead atoms. The van der Waals surface area contributed by atoms with Crippen LogP contribution >= 0.6 is 0 Å². The fourth-order valence-corrected chi connectivity index (χ4v) is 1.48. The number of nitrogens with zero attached hydrogens (tertiary/aromatic N) is 2. The van der Waals surface area contributed by atoms with Gasteiger partial charge >= 0.3 is 0 Å². The molecule has 5 nitrogen and oxygen atoms in total. The van der Waals surface area contributed by atoms with Gasteiger partial charge in [-0.1, -0.05) is 0 Å². The molecule has 0 aliphatic carbocycles. The van der Waals surface area contributed by atoms with Gasteiger partial charge in [0.2, 0.25) is 0 Å². The summed E-state index contributed by atoms with van der Waals surface area (Å²) in [5.74, 6) is 1.34. The van der Waals surface area contributed by atoms with Crippen LogP contribution in [-0.4, -0.2) is 0 Å². The molecule has 0 aliphatic rings. The van der Waals surface area contributed by atoms with E-state index in [0.717, 1.165) is 0 Å². The van der Waals surface area contributed by atoms with Crippen molar-refractivity contribution < 1.29 is 4.74 Å². The molecule has 0 amide bonds. The average molecular weight is 250 g/mol. The topological polar surface area (TPSA) is 80.9 Å². The van der Waals surface area contributed by atoms with E-state index in [0.29, 0.717) is 22.9 Å². The van der Waals surface area contributed by atoms with E-state index >= 15 is 0 Å². The summed E-state index contributed by atoms with van der Waals surface area (Å²) in [4.78, 5) is 0. The van der Waals surface area contributed by atoms with Crippen LogP contribution in [0.25, 0.3) is 0 Å². The maximum absolute atomic E-state index is 8.47. The zero-order valence-corrected chi connectivity index (χ0v) is 9.92. The lowest BCUT2D eigenvalue weighted by atomic mass is 10.3. The molecule has 0 aromatic heterocycles. The molecule has 0 fully saturated rings. The number of anilines is 2. The van der Waals surface area contributed by atoms with Crippen molar-refractivity contribution in [1.29, 1.82) is 10.5 Å². The highest BCUT2D eigenvalue weighted by atomic mass is 16.5.